The number of nitrogens with one attached hydrogen (secondary N) is 1. The normalized spacial score (nSPS) is 16.0. The van der Waals surface area contributed by atoms with Gasteiger partial charge in [0.2, 0.25) is 5.96 Å². The van der Waals surface area contributed by atoms with Crippen LogP contribution in [0.25, 0.3) is 0 Å². The summed E-state index contributed by atoms with van der Waals surface area (Å²) in [6, 6.07) is 4.86. The molecule has 1 fully saturated rings. The number of aliphatic imine (C=N–C) groups is 1. The van der Waals surface area contributed by atoms with Crippen LogP contribution >= 0.6 is 11.3 Å². The lowest BCUT2D eigenvalue weighted by atomic mass is 10.4. The Kier molecular flexibility index (Phi) is 4.39. The number of hydrogen-bond donors (Lipinski definition) is 2. The van der Waals surface area contributed by atoms with Crippen LogP contribution in [0.2, 0.25) is 0 Å². The van der Waals surface area contributed by atoms with Gasteiger partial charge in [0.15, 0.2) is 0 Å². The number of nitrogens with two attached hydrogens (primary N) is 1. The molecule has 94 valence electrons. The van der Waals surface area contributed by atoms with Crippen molar-refractivity contribution in [1.29, 1.82) is 0 Å². The summed E-state index contributed by atoms with van der Waals surface area (Å²) in [7, 11) is 0. The van der Waals surface area contributed by atoms with Crippen LogP contribution in [0, 0.1) is 0 Å². The summed E-state index contributed by atoms with van der Waals surface area (Å²) in [6.45, 7) is 3.86. The first-order valence-electron chi connectivity index (χ1n) is 6.15. The van der Waals surface area contributed by atoms with E-state index in [1.807, 2.05) is 0 Å². The SMILES string of the molecule is CCCN=C(NN)N(Cc1cccs1)C1CC1. The van der Waals surface area contributed by atoms with E-state index in [1.54, 1.807) is 11.3 Å². The maximum absolute atomic E-state index is 5.59. The third-order valence-electron chi connectivity index (χ3n) is 2.78. The van der Waals surface area contributed by atoms with Crippen molar-refractivity contribution in [2.24, 2.45) is 10.8 Å². The van der Waals surface area contributed by atoms with Gasteiger partial charge in [-0.25, -0.2) is 5.84 Å². The number of rotatable bonds is 5. The highest BCUT2D eigenvalue weighted by atomic mass is 32.1. The predicted molar refractivity (Wildman–Crippen MR) is 72.8 cm³/mol. The van der Waals surface area contributed by atoms with Gasteiger partial charge in [-0.1, -0.05) is 13.0 Å². The molecule has 1 aromatic heterocycles. The third-order valence-corrected chi connectivity index (χ3v) is 3.64. The minimum atomic E-state index is 0.615. The Bertz CT molecular complexity index is 357. The minimum Gasteiger partial charge on any atom is -0.334 e. The standard InChI is InChI=1S/C12H20N4S/c1-2-7-14-12(15-13)16(10-5-6-10)9-11-4-3-8-17-11/h3-4,8,10H,2,5-7,9,13H2,1H3,(H,14,15). The van der Waals surface area contributed by atoms with Crippen LogP contribution in [0.15, 0.2) is 22.5 Å². The fourth-order valence-electron chi connectivity index (χ4n) is 1.77. The molecule has 0 spiro atoms. The van der Waals surface area contributed by atoms with Crippen molar-refractivity contribution in [3.05, 3.63) is 22.4 Å². The maximum Gasteiger partial charge on any atom is 0.208 e. The topological polar surface area (TPSA) is 53.6 Å². The van der Waals surface area contributed by atoms with Crippen molar-refractivity contribution in [3.8, 4) is 0 Å². The number of hydrazine groups is 1. The van der Waals surface area contributed by atoms with Crippen LogP contribution in [0.4, 0.5) is 0 Å². The predicted octanol–water partition coefficient (Wildman–Crippen LogP) is 1.94. The van der Waals surface area contributed by atoms with Crippen molar-refractivity contribution in [2.75, 3.05) is 6.54 Å². The molecular weight excluding hydrogens is 232 g/mol. The second-order valence-electron chi connectivity index (χ2n) is 4.29. The Labute approximate surface area is 107 Å². The maximum atomic E-state index is 5.59. The van der Waals surface area contributed by atoms with Gasteiger partial charge in [-0.3, -0.25) is 10.4 Å². The van der Waals surface area contributed by atoms with Crippen molar-refractivity contribution in [2.45, 2.75) is 38.8 Å². The monoisotopic (exact) mass is 252 g/mol. The molecular formula is C12H20N4S. The van der Waals surface area contributed by atoms with Gasteiger partial charge in [0.25, 0.3) is 0 Å². The highest BCUT2D eigenvalue weighted by Crippen LogP contribution is 2.29. The van der Waals surface area contributed by atoms with Gasteiger partial charge in [0.1, 0.15) is 0 Å². The van der Waals surface area contributed by atoms with Crippen molar-refractivity contribution < 1.29 is 0 Å². The van der Waals surface area contributed by atoms with E-state index in [0.29, 0.717) is 6.04 Å². The van der Waals surface area contributed by atoms with Crippen LogP contribution in [-0.2, 0) is 6.54 Å². The van der Waals surface area contributed by atoms with Crippen LogP contribution < -0.4 is 11.3 Å². The largest absolute Gasteiger partial charge is 0.334 e. The van der Waals surface area contributed by atoms with Crippen LogP contribution in [0.3, 0.4) is 0 Å². The van der Waals surface area contributed by atoms with Crippen molar-refractivity contribution in [3.63, 3.8) is 0 Å². The summed E-state index contributed by atoms with van der Waals surface area (Å²) in [5.41, 5.74) is 2.75. The number of hydrogen-bond acceptors (Lipinski definition) is 3. The minimum absolute atomic E-state index is 0.615. The van der Waals surface area contributed by atoms with E-state index in [4.69, 9.17) is 5.84 Å². The first-order chi connectivity index (χ1) is 8.35. The average molecular weight is 252 g/mol. The Morgan fingerprint density at radius 3 is 3.00 bits per heavy atom. The molecule has 3 N–H and O–H groups in total. The number of nitrogens with zero attached hydrogens (tertiary/aromatic N) is 2. The summed E-state index contributed by atoms with van der Waals surface area (Å²) in [5.74, 6) is 6.43. The Balaban J connectivity index is 2.04. The summed E-state index contributed by atoms with van der Waals surface area (Å²) in [6.07, 6.45) is 3.54. The van der Waals surface area contributed by atoms with Crippen LogP contribution in [0.1, 0.15) is 31.1 Å². The van der Waals surface area contributed by atoms with E-state index in [2.05, 4.69) is 39.8 Å². The van der Waals surface area contributed by atoms with Gasteiger partial charge in [-0.15, -0.1) is 11.3 Å². The van der Waals surface area contributed by atoms with E-state index >= 15 is 0 Å². The molecule has 2 rings (SSSR count). The fraction of sp³-hybridized carbons (Fsp3) is 0.583. The highest BCUT2D eigenvalue weighted by Gasteiger charge is 2.31. The van der Waals surface area contributed by atoms with Crippen molar-refractivity contribution in [1.82, 2.24) is 10.3 Å². The molecule has 1 aliphatic carbocycles. The lowest BCUT2D eigenvalue weighted by molar-refractivity contribution is 0.389. The van der Waals surface area contributed by atoms with Crippen LogP contribution in [-0.4, -0.2) is 23.4 Å². The van der Waals surface area contributed by atoms with E-state index in [-0.39, 0.29) is 0 Å². The molecule has 1 heterocycles. The molecule has 1 aromatic rings. The second kappa shape index (κ2) is 6.02. The molecule has 0 radical (unpaired) electrons. The third kappa shape index (κ3) is 3.44. The van der Waals surface area contributed by atoms with Gasteiger partial charge in [0.05, 0.1) is 6.54 Å². The quantitative estimate of drug-likeness (QED) is 0.364. The summed E-state index contributed by atoms with van der Waals surface area (Å²) < 4.78 is 0. The van der Waals surface area contributed by atoms with E-state index in [9.17, 15) is 0 Å². The molecule has 0 atom stereocenters. The van der Waals surface area contributed by atoms with Crippen LogP contribution in [0.5, 0.6) is 0 Å². The van der Waals surface area contributed by atoms with Gasteiger partial charge >= 0.3 is 0 Å². The van der Waals surface area contributed by atoms with Gasteiger partial charge in [0, 0.05) is 17.5 Å². The molecule has 0 amide bonds. The first kappa shape index (κ1) is 12.4. The Hall–Kier alpha value is -1.07. The van der Waals surface area contributed by atoms with Gasteiger partial charge in [-0.05, 0) is 30.7 Å². The first-order valence-corrected chi connectivity index (χ1v) is 7.03. The second-order valence-corrected chi connectivity index (χ2v) is 5.32. The lowest BCUT2D eigenvalue weighted by Crippen LogP contribution is -2.45. The fourth-order valence-corrected chi connectivity index (χ4v) is 2.47. The molecule has 4 nitrogen and oxygen atoms in total. The molecule has 17 heavy (non-hydrogen) atoms. The Morgan fingerprint density at radius 2 is 2.47 bits per heavy atom. The molecule has 0 aromatic carbocycles. The lowest BCUT2D eigenvalue weighted by Gasteiger charge is -2.24. The zero-order chi connectivity index (χ0) is 12.1. The molecule has 1 saturated carbocycles. The summed E-state index contributed by atoms with van der Waals surface area (Å²) >= 11 is 1.78. The van der Waals surface area contributed by atoms with E-state index < -0.39 is 0 Å². The van der Waals surface area contributed by atoms with E-state index in [0.717, 1.165) is 25.5 Å². The molecule has 0 bridgehead atoms. The zero-order valence-electron chi connectivity index (χ0n) is 10.2. The van der Waals surface area contributed by atoms with Gasteiger partial charge in [-0.2, -0.15) is 0 Å². The molecule has 0 unspecified atom stereocenters. The zero-order valence-corrected chi connectivity index (χ0v) is 11.0. The molecule has 0 saturated heterocycles. The number of guanidine groups is 1. The average Bonchev–Trinajstić information content (AvgIpc) is 3.06. The summed E-state index contributed by atoms with van der Waals surface area (Å²) in [5, 5.41) is 2.11. The molecule has 1 aliphatic rings. The van der Waals surface area contributed by atoms with E-state index in [1.165, 1.54) is 17.7 Å². The highest BCUT2D eigenvalue weighted by molar-refractivity contribution is 7.09. The van der Waals surface area contributed by atoms with Gasteiger partial charge < -0.3 is 4.90 Å². The smallest absolute Gasteiger partial charge is 0.208 e. The number of thiophene rings is 1. The molecule has 5 heteroatoms. The molecule has 0 aliphatic heterocycles. The summed E-state index contributed by atoms with van der Waals surface area (Å²) in [4.78, 5) is 8.16. The van der Waals surface area contributed by atoms with Crippen molar-refractivity contribution >= 4 is 17.3 Å². The Morgan fingerprint density at radius 1 is 1.65 bits per heavy atom.